The van der Waals surface area contributed by atoms with Crippen molar-refractivity contribution in [3.05, 3.63) is 29.8 Å². The Morgan fingerprint density at radius 2 is 1.73 bits per heavy atom. The molecule has 164 valence electrons. The molecule has 1 aliphatic heterocycles. The quantitative estimate of drug-likeness (QED) is 0.369. The van der Waals surface area contributed by atoms with Crippen LogP contribution < -0.4 is 16.0 Å². The Bertz CT molecular complexity index is 791. The van der Waals surface area contributed by atoms with Crippen LogP contribution in [-0.2, 0) is 19.1 Å². The Hall–Kier alpha value is -2.61. The van der Waals surface area contributed by atoms with E-state index in [1.807, 2.05) is 0 Å². The molecule has 1 aromatic rings. The molecule has 1 atom stereocenters. The second kappa shape index (κ2) is 10.4. The first-order valence-electron chi connectivity index (χ1n) is 10.0. The molecule has 1 aromatic carbocycles. The highest BCUT2D eigenvalue weighted by atomic mass is 35.5. The van der Waals surface area contributed by atoms with Crippen LogP contribution >= 0.6 is 12.4 Å². The molecule has 2 aliphatic rings. The van der Waals surface area contributed by atoms with Crippen molar-refractivity contribution < 1.29 is 19.1 Å². The van der Waals surface area contributed by atoms with Crippen molar-refractivity contribution in [1.29, 1.82) is 5.41 Å². The van der Waals surface area contributed by atoms with Gasteiger partial charge >= 0.3 is 5.97 Å². The van der Waals surface area contributed by atoms with E-state index < -0.39 is 0 Å². The van der Waals surface area contributed by atoms with Gasteiger partial charge in [0.2, 0.25) is 11.8 Å². The number of anilines is 1. The van der Waals surface area contributed by atoms with Crippen LogP contribution in [0.2, 0.25) is 0 Å². The summed E-state index contributed by atoms with van der Waals surface area (Å²) in [7, 11) is 1.40. The summed E-state index contributed by atoms with van der Waals surface area (Å²) in [5.74, 6) is -0.753. The highest BCUT2D eigenvalue weighted by Crippen LogP contribution is 2.28. The van der Waals surface area contributed by atoms with Crippen LogP contribution in [0.3, 0.4) is 0 Å². The number of hydrogen-bond donors (Lipinski definition) is 3. The molecule has 3 rings (SSSR count). The van der Waals surface area contributed by atoms with Crippen LogP contribution in [-0.4, -0.2) is 43.3 Å². The Morgan fingerprint density at radius 1 is 1.10 bits per heavy atom. The van der Waals surface area contributed by atoms with E-state index in [1.165, 1.54) is 7.11 Å². The third kappa shape index (κ3) is 5.50. The highest BCUT2D eigenvalue weighted by Gasteiger charge is 2.33. The van der Waals surface area contributed by atoms with Crippen LogP contribution in [0.5, 0.6) is 0 Å². The summed E-state index contributed by atoms with van der Waals surface area (Å²) >= 11 is 0. The van der Waals surface area contributed by atoms with Gasteiger partial charge in [0.25, 0.3) is 0 Å². The molecule has 0 bridgehead atoms. The summed E-state index contributed by atoms with van der Waals surface area (Å²) in [4.78, 5) is 38.5. The lowest BCUT2D eigenvalue weighted by atomic mass is 9.85. The number of carbonyl (C=O) groups excluding carboxylic acids is 3. The van der Waals surface area contributed by atoms with Crippen molar-refractivity contribution in [3.8, 4) is 0 Å². The molecule has 1 unspecified atom stereocenters. The summed E-state index contributed by atoms with van der Waals surface area (Å²) in [6.45, 7) is 0.478. The Labute approximate surface area is 182 Å². The number of carbonyl (C=O) groups is 3. The first-order chi connectivity index (χ1) is 13.9. The first kappa shape index (κ1) is 23.7. The lowest BCUT2D eigenvalue weighted by Crippen LogP contribution is -2.47. The minimum absolute atomic E-state index is 0. The maximum absolute atomic E-state index is 12.6. The van der Waals surface area contributed by atoms with Crippen LogP contribution in [0.4, 0.5) is 5.69 Å². The van der Waals surface area contributed by atoms with E-state index >= 15 is 0 Å². The fraction of sp³-hybridized carbons (Fsp3) is 0.524. The van der Waals surface area contributed by atoms with E-state index in [1.54, 1.807) is 29.2 Å². The summed E-state index contributed by atoms with van der Waals surface area (Å²) in [6.07, 6.45) is 3.71. The zero-order valence-corrected chi connectivity index (χ0v) is 17.9. The monoisotopic (exact) mass is 436 g/mol. The second-order valence-corrected chi connectivity index (χ2v) is 7.78. The fourth-order valence-electron chi connectivity index (χ4n) is 4.11. The molecule has 2 fully saturated rings. The number of nitrogen functional groups attached to an aromatic ring is 1. The van der Waals surface area contributed by atoms with E-state index in [0.717, 1.165) is 18.5 Å². The van der Waals surface area contributed by atoms with Gasteiger partial charge in [-0.25, -0.2) is 0 Å². The standard InChI is InChI=1S/C21H28N4O4.ClH/c1-29-21(28)14-2-6-16(7-3-14)24-20(27)15-10-11-25(18(26)12-15)17-8-4-13(5-9-17)19(22)23;/h4-5,8-9,14-16H,2-3,6-7,10-12H2,1H3,(H3,22,23)(H,24,27);1H. The van der Waals surface area contributed by atoms with Crippen LogP contribution in [0.15, 0.2) is 24.3 Å². The van der Waals surface area contributed by atoms with Gasteiger partial charge in [-0.05, 0) is 56.4 Å². The number of amidine groups is 1. The number of nitrogens with one attached hydrogen (secondary N) is 2. The van der Waals surface area contributed by atoms with Crippen LogP contribution in [0.25, 0.3) is 0 Å². The molecule has 1 saturated heterocycles. The van der Waals surface area contributed by atoms with Gasteiger partial charge < -0.3 is 20.7 Å². The van der Waals surface area contributed by atoms with Crippen molar-refractivity contribution in [2.75, 3.05) is 18.6 Å². The minimum Gasteiger partial charge on any atom is -0.469 e. The van der Waals surface area contributed by atoms with Gasteiger partial charge in [-0.1, -0.05) is 0 Å². The van der Waals surface area contributed by atoms with E-state index in [0.29, 0.717) is 31.4 Å². The molecule has 1 heterocycles. The normalized spacial score (nSPS) is 23.8. The number of ether oxygens (including phenoxy) is 1. The van der Waals surface area contributed by atoms with Gasteiger partial charge in [0.05, 0.1) is 13.0 Å². The van der Waals surface area contributed by atoms with Gasteiger partial charge in [0.15, 0.2) is 0 Å². The second-order valence-electron chi connectivity index (χ2n) is 7.78. The number of hydrogen-bond acceptors (Lipinski definition) is 5. The molecule has 1 saturated carbocycles. The summed E-state index contributed by atoms with van der Waals surface area (Å²) < 4.78 is 4.79. The number of piperidine rings is 1. The molecule has 30 heavy (non-hydrogen) atoms. The van der Waals surface area contributed by atoms with Crippen molar-refractivity contribution in [1.82, 2.24) is 5.32 Å². The Kier molecular flexibility index (Phi) is 8.23. The predicted molar refractivity (Wildman–Crippen MR) is 116 cm³/mol. The molecule has 9 heteroatoms. The molecular formula is C21H29ClN4O4. The number of esters is 1. The number of amides is 2. The Balaban J connectivity index is 0.00000320. The number of methoxy groups -OCH3 is 1. The van der Waals surface area contributed by atoms with E-state index in [9.17, 15) is 14.4 Å². The number of rotatable bonds is 5. The maximum atomic E-state index is 12.6. The molecule has 8 nitrogen and oxygen atoms in total. The van der Waals surface area contributed by atoms with Crippen molar-refractivity contribution in [2.45, 2.75) is 44.6 Å². The van der Waals surface area contributed by atoms with Crippen LogP contribution in [0.1, 0.15) is 44.1 Å². The highest BCUT2D eigenvalue weighted by molar-refractivity contribution is 5.99. The van der Waals surface area contributed by atoms with Crippen molar-refractivity contribution >= 4 is 41.7 Å². The summed E-state index contributed by atoms with van der Waals surface area (Å²) in [5, 5.41) is 10.5. The van der Waals surface area contributed by atoms with Gasteiger partial charge in [-0.3, -0.25) is 19.8 Å². The Morgan fingerprint density at radius 3 is 2.27 bits per heavy atom. The first-order valence-corrected chi connectivity index (χ1v) is 10.0. The number of halogens is 1. The van der Waals surface area contributed by atoms with Crippen molar-refractivity contribution in [2.24, 2.45) is 17.6 Å². The lowest BCUT2D eigenvalue weighted by Gasteiger charge is -2.33. The van der Waals surface area contributed by atoms with Crippen molar-refractivity contribution in [3.63, 3.8) is 0 Å². The zero-order chi connectivity index (χ0) is 21.0. The van der Waals surface area contributed by atoms with E-state index in [2.05, 4.69) is 5.32 Å². The van der Waals surface area contributed by atoms with Gasteiger partial charge in [-0.2, -0.15) is 0 Å². The third-order valence-corrected chi connectivity index (χ3v) is 5.89. The van der Waals surface area contributed by atoms with Crippen LogP contribution in [0, 0.1) is 17.2 Å². The maximum Gasteiger partial charge on any atom is 0.308 e. The molecule has 0 aromatic heterocycles. The molecule has 0 spiro atoms. The molecule has 0 radical (unpaired) electrons. The lowest BCUT2D eigenvalue weighted by molar-refractivity contribution is -0.146. The van der Waals surface area contributed by atoms with Gasteiger partial charge in [0.1, 0.15) is 5.84 Å². The topological polar surface area (TPSA) is 126 Å². The summed E-state index contributed by atoms with van der Waals surface area (Å²) in [5.41, 5.74) is 6.82. The van der Waals surface area contributed by atoms with Gasteiger partial charge in [-0.15, -0.1) is 12.4 Å². The minimum atomic E-state index is -0.325. The average Bonchev–Trinajstić information content (AvgIpc) is 2.73. The molecule has 4 N–H and O–H groups in total. The molecular weight excluding hydrogens is 408 g/mol. The molecule has 1 aliphatic carbocycles. The fourth-order valence-corrected chi connectivity index (χ4v) is 4.11. The smallest absolute Gasteiger partial charge is 0.308 e. The number of nitrogens with two attached hydrogens (primary N) is 1. The average molecular weight is 437 g/mol. The summed E-state index contributed by atoms with van der Waals surface area (Å²) in [6, 6.07) is 7.03. The predicted octanol–water partition coefficient (Wildman–Crippen LogP) is 1.98. The number of benzene rings is 1. The SMILES string of the molecule is COC(=O)C1CCC(NC(=O)C2CCN(c3ccc(C(=N)N)cc3)C(=O)C2)CC1.Cl. The molecule has 2 amide bonds. The van der Waals surface area contributed by atoms with E-state index in [-0.39, 0.29) is 60.3 Å². The van der Waals surface area contributed by atoms with E-state index in [4.69, 9.17) is 15.9 Å². The number of nitrogens with zero attached hydrogens (tertiary/aromatic N) is 1. The third-order valence-electron chi connectivity index (χ3n) is 5.89. The largest absolute Gasteiger partial charge is 0.469 e. The zero-order valence-electron chi connectivity index (χ0n) is 17.1. The van der Waals surface area contributed by atoms with Gasteiger partial charge in [0, 0.05) is 36.2 Å².